The molecule has 1 saturated carbocycles. The molecule has 1 aliphatic rings. The highest BCUT2D eigenvalue weighted by Crippen LogP contribution is 2.31. The summed E-state index contributed by atoms with van der Waals surface area (Å²) in [4.78, 5) is 3.85. The van der Waals surface area contributed by atoms with E-state index in [1.807, 2.05) is 0 Å². The molecule has 0 amide bonds. The minimum Gasteiger partial charge on any atom is -0.447 e. The number of oxazole rings is 1. The average molecular weight is 224 g/mol. The van der Waals surface area contributed by atoms with Gasteiger partial charge in [-0.25, -0.2) is 4.98 Å². The lowest BCUT2D eigenvalue weighted by Crippen LogP contribution is -2.43. The van der Waals surface area contributed by atoms with Gasteiger partial charge in [-0.3, -0.25) is 0 Å². The van der Waals surface area contributed by atoms with Crippen LogP contribution >= 0.6 is 0 Å². The fourth-order valence-corrected chi connectivity index (χ4v) is 2.22. The van der Waals surface area contributed by atoms with Crippen molar-refractivity contribution in [1.82, 2.24) is 10.3 Å². The minimum absolute atomic E-state index is 0.521. The van der Waals surface area contributed by atoms with Gasteiger partial charge in [0.2, 0.25) is 0 Å². The molecule has 0 spiro atoms. The first-order chi connectivity index (χ1) is 7.68. The largest absolute Gasteiger partial charge is 0.447 e. The highest BCUT2D eigenvalue weighted by atomic mass is 16.3. The third-order valence-corrected chi connectivity index (χ3v) is 3.44. The van der Waals surface area contributed by atoms with Crippen LogP contribution in [0.2, 0.25) is 0 Å². The zero-order chi connectivity index (χ0) is 11.4. The summed E-state index contributed by atoms with van der Waals surface area (Å²) < 4.78 is 5.12. The van der Waals surface area contributed by atoms with E-state index in [4.69, 9.17) is 4.42 Å². The Morgan fingerprint density at radius 1 is 1.56 bits per heavy atom. The summed E-state index contributed by atoms with van der Waals surface area (Å²) >= 11 is 0. The topological polar surface area (TPSA) is 58.3 Å². The molecule has 0 unspecified atom stereocenters. The van der Waals surface area contributed by atoms with Gasteiger partial charge in [0.15, 0.2) is 6.39 Å². The molecule has 4 nitrogen and oxygen atoms in total. The molecule has 0 aromatic carbocycles. The first kappa shape index (κ1) is 11.6. The van der Waals surface area contributed by atoms with E-state index in [-0.39, 0.29) is 0 Å². The standard InChI is InChI=1S/C12H20N2O2/c1-10-2-4-12(15,5-3-10)8-13-6-11-7-14-9-16-11/h7,9-10,13,15H,2-6,8H2,1H3. The van der Waals surface area contributed by atoms with Crippen LogP contribution in [0, 0.1) is 5.92 Å². The quantitative estimate of drug-likeness (QED) is 0.817. The predicted molar refractivity (Wildman–Crippen MR) is 60.8 cm³/mol. The molecule has 90 valence electrons. The van der Waals surface area contributed by atoms with Crippen LogP contribution in [0.15, 0.2) is 17.0 Å². The van der Waals surface area contributed by atoms with Crippen molar-refractivity contribution < 1.29 is 9.52 Å². The highest BCUT2D eigenvalue weighted by molar-refractivity contribution is 4.90. The molecule has 0 aliphatic heterocycles. The van der Waals surface area contributed by atoms with Gasteiger partial charge >= 0.3 is 0 Å². The van der Waals surface area contributed by atoms with E-state index in [0.29, 0.717) is 13.1 Å². The number of hydrogen-bond donors (Lipinski definition) is 2. The molecule has 0 radical (unpaired) electrons. The summed E-state index contributed by atoms with van der Waals surface area (Å²) in [6.45, 7) is 3.53. The van der Waals surface area contributed by atoms with Crippen molar-refractivity contribution in [3.63, 3.8) is 0 Å². The number of nitrogens with zero attached hydrogens (tertiary/aromatic N) is 1. The SMILES string of the molecule is CC1CCC(O)(CNCc2cnco2)CC1. The second kappa shape index (κ2) is 4.97. The van der Waals surface area contributed by atoms with Gasteiger partial charge in [-0.2, -0.15) is 0 Å². The maximum Gasteiger partial charge on any atom is 0.180 e. The molecule has 1 fully saturated rings. The molecule has 1 aliphatic carbocycles. The molecule has 1 heterocycles. The van der Waals surface area contributed by atoms with E-state index in [1.165, 1.54) is 6.39 Å². The molecule has 2 N–H and O–H groups in total. The summed E-state index contributed by atoms with van der Waals surface area (Å²) in [6, 6.07) is 0. The van der Waals surface area contributed by atoms with Gasteiger partial charge in [-0.15, -0.1) is 0 Å². The molecule has 2 rings (SSSR count). The Morgan fingerprint density at radius 3 is 2.94 bits per heavy atom. The van der Waals surface area contributed by atoms with Crippen LogP contribution in [0.25, 0.3) is 0 Å². The van der Waals surface area contributed by atoms with Crippen LogP contribution in [0.3, 0.4) is 0 Å². The minimum atomic E-state index is -0.521. The van der Waals surface area contributed by atoms with Crippen molar-refractivity contribution in [3.8, 4) is 0 Å². The Kier molecular flexibility index (Phi) is 3.61. The fourth-order valence-electron chi connectivity index (χ4n) is 2.22. The van der Waals surface area contributed by atoms with Gasteiger partial charge in [0.25, 0.3) is 0 Å². The molecule has 1 aromatic heterocycles. The van der Waals surface area contributed by atoms with Crippen LogP contribution in [0.5, 0.6) is 0 Å². The summed E-state index contributed by atoms with van der Waals surface area (Å²) in [5.41, 5.74) is -0.521. The van der Waals surface area contributed by atoms with Gasteiger partial charge in [0.1, 0.15) is 5.76 Å². The van der Waals surface area contributed by atoms with Crippen molar-refractivity contribution >= 4 is 0 Å². The van der Waals surface area contributed by atoms with Gasteiger partial charge < -0.3 is 14.8 Å². The van der Waals surface area contributed by atoms with E-state index in [0.717, 1.165) is 37.4 Å². The van der Waals surface area contributed by atoms with Crippen molar-refractivity contribution in [2.75, 3.05) is 6.54 Å². The van der Waals surface area contributed by atoms with Gasteiger partial charge in [0, 0.05) is 6.54 Å². The zero-order valence-corrected chi connectivity index (χ0v) is 9.78. The van der Waals surface area contributed by atoms with E-state index >= 15 is 0 Å². The summed E-state index contributed by atoms with van der Waals surface area (Å²) in [6.07, 6.45) is 7.17. The van der Waals surface area contributed by atoms with Crippen LogP contribution in [-0.2, 0) is 6.54 Å². The van der Waals surface area contributed by atoms with E-state index < -0.39 is 5.60 Å². The number of rotatable bonds is 4. The Bertz CT molecular complexity index is 303. The Morgan fingerprint density at radius 2 is 2.31 bits per heavy atom. The lowest BCUT2D eigenvalue weighted by atomic mass is 9.79. The number of aliphatic hydroxyl groups is 1. The fraction of sp³-hybridized carbons (Fsp3) is 0.750. The molecular weight excluding hydrogens is 204 g/mol. The van der Waals surface area contributed by atoms with Crippen molar-refractivity contribution in [2.24, 2.45) is 5.92 Å². The second-order valence-corrected chi connectivity index (χ2v) is 4.98. The average Bonchev–Trinajstić information content (AvgIpc) is 2.76. The third-order valence-electron chi connectivity index (χ3n) is 3.44. The Labute approximate surface area is 96.1 Å². The van der Waals surface area contributed by atoms with Crippen LogP contribution in [0.1, 0.15) is 38.4 Å². The number of nitrogens with one attached hydrogen (secondary N) is 1. The maximum atomic E-state index is 10.3. The zero-order valence-electron chi connectivity index (χ0n) is 9.78. The number of aromatic nitrogens is 1. The van der Waals surface area contributed by atoms with E-state index in [9.17, 15) is 5.11 Å². The first-order valence-electron chi connectivity index (χ1n) is 5.98. The molecular formula is C12H20N2O2. The van der Waals surface area contributed by atoms with E-state index in [2.05, 4.69) is 17.2 Å². The lowest BCUT2D eigenvalue weighted by Gasteiger charge is -2.35. The summed E-state index contributed by atoms with van der Waals surface area (Å²) in [7, 11) is 0. The Hall–Kier alpha value is -0.870. The third kappa shape index (κ3) is 3.06. The van der Waals surface area contributed by atoms with Gasteiger partial charge in [-0.1, -0.05) is 6.92 Å². The smallest absolute Gasteiger partial charge is 0.180 e. The maximum absolute atomic E-state index is 10.3. The van der Waals surface area contributed by atoms with Gasteiger partial charge in [-0.05, 0) is 31.6 Å². The molecule has 4 heteroatoms. The molecule has 16 heavy (non-hydrogen) atoms. The predicted octanol–water partition coefficient (Wildman–Crippen LogP) is 1.71. The number of hydrogen-bond acceptors (Lipinski definition) is 4. The van der Waals surface area contributed by atoms with Crippen molar-refractivity contribution in [1.29, 1.82) is 0 Å². The molecule has 0 saturated heterocycles. The van der Waals surface area contributed by atoms with Crippen LogP contribution in [0.4, 0.5) is 0 Å². The molecule has 0 bridgehead atoms. The second-order valence-electron chi connectivity index (χ2n) is 4.98. The van der Waals surface area contributed by atoms with Gasteiger partial charge in [0.05, 0.1) is 18.3 Å². The van der Waals surface area contributed by atoms with Crippen molar-refractivity contribution in [2.45, 2.75) is 44.8 Å². The Balaban J connectivity index is 1.73. The summed E-state index contributed by atoms with van der Waals surface area (Å²) in [5, 5.41) is 13.5. The first-order valence-corrected chi connectivity index (χ1v) is 5.98. The molecule has 0 atom stereocenters. The monoisotopic (exact) mass is 224 g/mol. The van der Waals surface area contributed by atoms with Crippen LogP contribution < -0.4 is 5.32 Å². The lowest BCUT2D eigenvalue weighted by molar-refractivity contribution is -0.00656. The normalized spacial score (nSPS) is 30.5. The molecule has 1 aromatic rings. The van der Waals surface area contributed by atoms with Crippen molar-refractivity contribution in [3.05, 3.63) is 18.4 Å². The van der Waals surface area contributed by atoms with E-state index in [1.54, 1.807) is 6.20 Å². The highest BCUT2D eigenvalue weighted by Gasteiger charge is 2.31. The van der Waals surface area contributed by atoms with Crippen LogP contribution in [-0.4, -0.2) is 22.2 Å². The summed E-state index contributed by atoms with van der Waals surface area (Å²) in [5.74, 6) is 1.57.